The van der Waals surface area contributed by atoms with Gasteiger partial charge in [-0.1, -0.05) is 6.58 Å². The lowest BCUT2D eigenvalue weighted by Crippen LogP contribution is -2.24. The summed E-state index contributed by atoms with van der Waals surface area (Å²) in [6.45, 7) is 3.18. The van der Waals surface area contributed by atoms with Crippen molar-refractivity contribution in [3.05, 3.63) is 12.7 Å². The Morgan fingerprint density at radius 2 is 1.70 bits per heavy atom. The van der Waals surface area contributed by atoms with Crippen LogP contribution < -0.4 is 0 Å². The van der Waals surface area contributed by atoms with Crippen molar-refractivity contribution in [2.24, 2.45) is 0 Å². The first kappa shape index (κ1) is 9.46. The molecule has 0 aromatic carbocycles. The van der Waals surface area contributed by atoms with Crippen molar-refractivity contribution in [2.45, 2.75) is 25.2 Å². The molecule has 0 N–H and O–H groups in total. The third kappa shape index (κ3) is 4.35. The predicted octanol–water partition coefficient (Wildman–Crippen LogP) is 2.85. The van der Waals surface area contributed by atoms with E-state index >= 15 is 0 Å². The number of hydrogen-bond donors (Lipinski definition) is 0. The highest BCUT2D eigenvalue weighted by Gasteiger charge is 2.36. The van der Waals surface area contributed by atoms with E-state index in [0.717, 1.165) is 0 Å². The van der Waals surface area contributed by atoms with Crippen molar-refractivity contribution in [1.82, 2.24) is 0 Å². The lowest BCUT2D eigenvalue weighted by Gasteiger charge is -2.15. The summed E-state index contributed by atoms with van der Waals surface area (Å²) in [7, 11) is 0. The summed E-state index contributed by atoms with van der Waals surface area (Å²) in [5, 5.41) is 0. The van der Waals surface area contributed by atoms with Crippen LogP contribution in [0.1, 0.15) is 13.3 Å². The minimum atomic E-state index is -3.46. The van der Waals surface area contributed by atoms with E-state index in [2.05, 4.69) is 6.58 Å². The molecule has 0 aliphatic rings. The molecule has 0 bridgehead atoms. The fourth-order valence-electron chi connectivity index (χ4n) is 0.486. The monoisotopic (exact) mass is 156 g/mol. The molecule has 0 heterocycles. The fraction of sp³-hybridized carbons (Fsp3) is 0.667. The predicted molar refractivity (Wildman–Crippen MR) is 30.4 cm³/mol. The van der Waals surface area contributed by atoms with Crippen LogP contribution in [0.2, 0.25) is 0 Å². The zero-order valence-electron chi connectivity index (χ0n) is 5.50. The van der Waals surface area contributed by atoms with Crippen LogP contribution in [0.4, 0.5) is 17.6 Å². The van der Waals surface area contributed by atoms with Gasteiger partial charge in [-0.3, -0.25) is 0 Å². The molecule has 4 heteroatoms. The number of halogens is 4. The van der Waals surface area contributed by atoms with Crippen LogP contribution in [0.5, 0.6) is 0 Å². The molecule has 0 aromatic rings. The van der Waals surface area contributed by atoms with Gasteiger partial charge in [0.05, 0.1) is 6.42 Å². The summed E-state index contributed by atoms with van der Waals surface area (Å²) < 4.78 is 47.9. The average molecular weight is 156 g/mol. The molecule has 0 aliphatic carbocycles. The molecule has 0 unspecified atom stereocenters. The van der Waals surface area contributed by atoms with Gasteiger partial charge in [0.25, 0.3) is 11.8 Å². The second kappa shape index (κ2) is 2.60. The molecule has 0 aliphatic heterocycles. The van der Waals surface area contributed by atoms with Crippen LogP contribution in [0, 0.1) is 0 Å². The third-order valence-corrected chi connectivity index (χ3v) is 0.845. The maximum absolute atomic E-state index is 12.1. The number of allylic oxidation sites excluding steroid dienone is 1. The van der Waals surface area contributed by atoms with Crippen LogP contribution in [-0.4, -0.2) is 11.8 Å². The molecule has 0 saturated carbocycles. The summed E-state index contributed by atoms with van der Waals surface area (Å²) in [6.07, 6.45) is -1.24. The molecule has 0 rings (SSSR count). The molecule has 0 amide bonds. The third-order valence-electron chi connectivity index (χ3n) is 0.845. The van der Waals surface area contributed by atoms with Gasteiger partial charge in [-0.2, -0.15) is 0 Å². The zero-order valence-corrected chi connectivity index (χ0v) is 5.50. The normalized spacial score (nSPS) is 13.3. The first-order valence-electron chi connectivity index (χ1n) is 2.66. The standard InChI is InChI=1S/C6H8F4/c1-3-6(9,10)4-5(2,7)8/h3H,1,4H2,2H3. The Balaban J connectivity index is 4.01. The Labute approximate surface area is 56.5 Å². The summed E-state index contributed by atoms with van der Waals surface area (Å²) in [5.41, 5.74) is 0. The van der Waals surface area contributed by atoms with E-state index in [1.807, 2.05) is 0 Å². The van der Waals surface area contributed by atoms with E-state index in [-0.39, 0.29) is 6.08 Å². The Morgan fingerprint density at radius 3 is 1.80 bits per heavy atom. The lowest BCUT2D eigenvalue weighted by molar-refractivity contribution is -0.0735. The van der Waals surface area contributed by atoms with Crippen molar-refractivity contribution in [3.63, 3.8) is 0 Å². The topological polar surface area (TPSA) is 0 Å². The van der Waals surface area contributed by atoms with Crippen molar-refractivity contribution in [2.75, 3.05) is 0 Å². The smallest absolute Gasteiger partial charge is 0.207 e. The Kier molecular flexibility index (Phi) is 2.46. The van der Waals surface area contributed by atoms with Crippen molar-refractivity contribution >= 4 is 0 Å². The first-order valence-corrected chi connectivity index (χ1v) is 2.66. The second-order valence-corrected chi connectivity index (χ2v) is 2.21. The van der Waals surface area contributed by atoms with Crippen molar-refractivity contribution in [1.29, 1.82) is 0 Å². The van der Waals surface area contributed by atoms with Gasteiger partial charge in [-0.15, -0.1) is 0 Å². The van der Waals surface area contributed by atoms with E-state index in [9.17, 15) is 17.6 Å². The van der Waals surface area contributed by atoms with Crippen LogP contribution in [0.25, 0.3) is 0 Å². The number of hydrogen-bond acceptors (Lipinski definition) is 0. The Morgan fingerprint density at radius 1 is 1.30 bits per heavy atom. The van der Waals surface area contributed by atoms with Crippen LogP contribution >= 0.6 is 0 Å². The highest BCUT2D eigenvalue weighted by molar-refractivity contribution is 4.89. The van der Waals surface area contributed by atoms with Gasteiger partial charge in [0.1, 0.15) is 0 Å². The van der Waals surface area contributed by atoms with Gasteiger partial charge in [0.15, 0.2) is 0 Å². The molecule has 10 heavy (non-hydrogen) atoms. The molecule has 60 valence electrons. The van der Waals surface area contributed by atoms with Gasteiger partial charge in [0.2, 0.25) is 0 Å². The SMILES string of the molecule is C=CC(F)(F)CC(C)(F)F. The molecule has 0 fully saturated rings. The van der Waals surface area contributed by atoms with Gasteiger partial charge in [-0.25, -0.2) is 17.6 Å². The second-order valence-electron chi connectivity index (χ2n) is 2.21. The molecule has 0 radical (unpaired) electrons. The van der Waals surface area contributed by atoms with Crippen LogP contribution in [0.3, 0.4) is 0 Å². The van der Waals surface area contributed by atoms with Gasteiger partial charge < -0.3 is 0 Å². The van der Waals surface area contributed by atoms with Gasteiger partial charge >= 0.3 is 0 Å². The average Bonchev–Trinajstić information content (AvgIpc) is 1.60. The van der Waals surface area contributed by atoms with E-state index in [1.165, 1.54) is 0 Å². The minimum Gasteiger partial charge on any atom is -0.207 e. The van der Waals surface area contributed by atoms with Gasteiger partial charge in [-0.05, 0) is 13.0 Å². The van der Waals surface area contributed by atoms with E-state index in [4.69, 9.17) is 0 Å². The number of alkyl halides is 4. The molecule has 0 aromatic heterocycles. The fourth-order valence-corrected chi connectivity index (χ4v) is 0.486. The van der Waals surface area contributed by atoms with Crippen LogP contribution in [-0.2, 0) is 0 Å². The van der Waals surface area contributed by atoms with Crippen molar-refractivity contribution in [3.8, 4) is 0 Å². The summed E-state index contributed by atoms with van der Waals surface area (Å²) >= 11 is 0. The molecule has 0 nitrogen and oxygen atoms in total. The lowest BCUT2D eigenvalue weighted by atomic mass is 10.1. The van der Waals surface area contributed by atoms with E-state index < -0.39 is 18.3 Å². The van der Waals surface area contributed by atoms with E-state index in [1.54, 1.807) is 0 Å². The van der Waals surface area contributed by atoms with E-state index in [0.29, 0.717) is 6.92 Å². The highest BCUT2D eigenvalue weighted by Crippen LogP contribution is 2.30. The van der Waals surface area contributed by atoms with Crippen LogP contribution in [0.15, 0.2) is 12.7 Å². The van der Waals surface area contributed by atoms with Gasteiger partial charge in [0, 0.05) is 0 Å². The quantitative estimate of drug-likeness (QED) is 0.435. The zero-order chi connectivity index (χ0) is 8.41. The largest absolute Gasteiger partial charge is 0.271 e. The summed E-state index contributed by atoms with van der Waals surface area (Å²) in [5.74, 6) is -6.80. The maximum Gasteiger partial charge on any atom is 0.271 e. The minimum absolute atomic E-state index is 0.227. The maximum atomic E-state index is 12.1. The number of rotatable bonds is 3. The molecule has 0 saturated heterocycles. The summed E-state index contributed by atoms with van der Waals surface area (Å²) in [4.78, 5) is 0. The highest BCUT2D eigenvalue weighted by atomic mass is 19.3. The molecular weight excluding hydrogens is 148 g/mol. The molecule has 0 atom stereocenters. The Hall–Kier alpha value is -0.540. The Bertz CT molecular complexity index is 122. The summed E-state index contributed by atoms with van der Waals surface area (Å²) in [6, 6.07) is 0. The first-order chi connectivity index (χ1) is 4.27. The molecule has 0 spiro atoms. The molecular formula is C6H8F4. The van der Waals surface area contributed by atoms with Crippen molar-refractivity contribution < 1.29 is 17.6 Å².